The van der Waals surface area contributed by atoms with Gasteiger partial charge in [-0.05, 0) is 30.3 Å². The zero-order chi connectivity index (χ0) is 13.9. The van der Waals surface area contributed by atoms with Crippen LogP contribution in [-0.4, -0.2) is 10.1 Å². The summed E-state index contributed by atoms with van der Waals surface area (Å²) in [6.07, 6.45) is 1.51. The molecule has 0 radical (unpaired) electrons. The quantitative estimate of drug-likeness (QED) is 0.723. The van der Waals surface area contributed by atoms with Crippen LogP contribution in [0, 0.1) is 5.82 Å². The van der Waals surface area contributed by atoms with Crippen LogP contribution >= 0.6 is 15.9 Å². The lowest BCUT2D eigenvalue weighted by molar-refractivity contribution is 0.234. The highest BCUT2D eigenvalue weighted by molar-refractivity contribution is 9.10. The highest BCUT2D eigenvalue weighted by Gasteiger charge is 2.12. The van der Waals surface area contributed by atoms with Crippen molar-refractivity contribution in [1.29, 1.82) is 0 Å². The molecule has 0 spiro atoms. The Morgan fingerprint density at radius 2 is 2.20 bits per heavy atom. The van der Waals surface area contributed by atoms with Crippen molar-refractivity contribution in [2.75, 3.05) is 0 Å². The summed E-state index contributed by atoms with van der Waals surface area (Å²) in [6.45, 7) is -0.0216. The molecule has 0 bridgehead atoms. The van der Waals surface area contributed by atoms with Crippen molar-refractivity contribution in [3.05, 3.63) is 52.8 Å². The Morgan fingerprint density at radius 1 is 1.30 bits per heavy atom. The molecule has 0 saturated carbocycles. The van der Waals surface area contributed by atoms with Crippen LogP contribution in [0.5, 0.6) is 5.75 Å². The predicted molar refractivity (Wildman–Crippen MR) is 70.4 cm³/mol. The molecule has 0 atom stereocenters. The Kier molecular flexibility index (Phi) is 3.51. The van der Waals surface area contributed by atoms with Gasteiger partial charge in [0.1, 0.15) is 0 Å². The maximum absolute atomic E-state index is 13.5. The lowest BCUT2D eigenvalue weighted by Crippen LogP contribution is -1.97. The molecule has 20 heavy (non-hydrogen) atoms. The number of hydrogen-bond donors (Lipinski definition) is 0. The average molecular weight is 339 g/mol. The first-order chi connectivity index (χ1) is 9.72. The molecular formula is C13H8BrFN2O3. The van der Waals surface area contributed by atoms with Crippen LogP contribution in [0.1, 0.15) is 5.89 Å². The number of nitrogens with zero attached hydrogens (tertiary/aromatic N) is 2. The van der Waals surface area contributed by atoms with Crippen LogP contribution in [0.2, 0.25) is 0 Å². The van der Waals surface area contributed by atoms with Crippen LogP contribution in [0.15, 0.2) is 50.0 Å². The van der Waals surface area contributed by atoms with E-state index in [0.717, 1.165) is 0 Å². The fraction of sp³-hybridized carbons (Fsp3) is 0.0769. The average Bonchev–Trinajstić information content (AvgIpc) is 3.08. The summed E-state index contributed by atoms with van der Waals surface area (Å²) in [5, 5.41) is 3.75. The number of ether oxygens (including phenoxy) is 1. The summed E-state index contributed by atoms with van der Waals surface area (Å²) < 4.78 is 29.6. The zero-order valence-electron chi connectivity index (χ0n) is 10.0. The normalized spacial score (nSPS) is 10.7. The highest BCUT2D eigenvalue weighted by Crippen LogP contribution is 2.22. The summed E-state index contributed by atoms with van der Waals surface area (Å²) in [6, 6.07) is 7.95. The van der Waals surface area contributed by atoms with Crippen molar-refractivity contribution in [1.82, 2.24) is 10.1 Å². The van der Waals surface area contributed by atoms with Crippen LogP contribution in [0.25, 0.3) is 11.6 Å². The number of benzene rings is 1. The molecule has 0 aliphatic heterocycles. The Morgan fingerprint density at radius 3 is 2.95 bits per heavy atom. The first-order valence-electron chi connectivity index (χ1n) is 5.67. The van der Waals surface area contributed by atoms with E-state index in [1.54, 1.807) is 18.2 Å². The topological polar surface area (TPSA) is 61.3 Å². The van der Waals surface area contributed by atoms with E-state index < -0.39 is 5.82 Å². The Bertz CT molecular complexity index is 712. The predicted octanol–water partition coefficient (Wildman–Crippen LogP) is 3.81. The van der Waals surface area contributed by atoms with Crippen LogP contribution in [-0.2, 0) is 6.61 Å². The monoisotopic (exact) mass is 338 g/mol. The van der Waals surface area contributed by atoms with Gasteiger partial charge in [-0.1, -0.05) is 21.1 Å². The lowest BCUT2D eigenvalue weighted by Gasteiger charge is -2.04. The van der Waals surface area contributed by atoms with E-state index in [1.807, 2.05) is 0 Å². The summed E-state index contributed by atoms with van der Waals surface area (Å²) in [4.78, 5) is 4.09. The third-order valence-corrected chi connectivity index (χ3v) is 2.95. The van der Waals surface area contributed by atoms with Gasteiger partial charge in [0, 0.05) is 4.47 Å². The van der Waals surface area contributed by atoms with Crippen LogP contribution in [0.4, 0.5) is 4.39 Å². The van der Waals surface area contributed by atoms with Gasteiger partial charge < -0.3 is 13.7 Å². The third kappa shape index (κ3) is 2.72. The van der Waals surface area contributed by atoms with Crippen molar-refractivity contribution < 1.29 is 18.1 Å². The van der Waals surface area contributed by atoms with Gasteiger partial charge in [-0.3, -0.25) is 0 Å². The van der Waals surface area contributed by atoms with E-state index in [0.29, 0.717) is 16.1 Å². The minimum atomic E-state index is -0.467. The fourth-order valence-electron chi connectivity index (χ4n) is 1.55. The van der Waals surface area contributed by atoms with Gasteiger partial charge in [0.15, 0.2) is 23.9 Å². The summed E-state index contributed by atoms with van der Waals surface area (Å²) >= 11 is 3.17. The number of furan rings is 1. The molecule has 2 aromatic heterocycles. The molecule has 0 N–H and O–H groups in total. The maximum atomic E-state index is 13.5. The first-order valence-corrected chi connectivity index (χ1v) is 6.46. The molecule has 5 nitrogen and oxygen atoms in total. The number of aromatic nitrogens is 2. The third-order valence-electron chi connectivity index (χ3n) is 2.45. The van der Waals surface area contributed by atoms with E-state index in [2.05, 4.69) is 26.1 Å². The van der Waals surface area contributed by atoms with Crippen LogP contribution in [0.3, 0.4) is 0 Å². The van der Waals surface area contributed by atoms with Crippen molar-refractivity contribution in [2.24, 2.45) is 0 Å². The van der Waals surface area contributed by atoms with Gasteiger partial charge >= 0.3 is 0 Å². The first kappa shape index (κ1) is 12.9. The summed E-state index contributed by atoms with van der Waals surface area (Å²) in [5.41, 5.74) is 0. The molecule has 102 valence electrons. The van der Waals surface area contributed by atoms with E-state index in [1.165, 1.54) is 18.4 Å². The fourth-order valence-corrected chi connectivity index (χ4v) is 1.88. The Hall–Kier alpha value is -2.15. The molecule has 7 heteroatoms. The van der Waals surface area contributed by atoms with Crippen molar-refractivity contribution in [3.8, 4) is 17.3 Å². The summed E-state index contributed by atoms with van der Waals surface area (Å²) in [7, 11) is 0. The highest BCUT2D eigenvalue weighted by atomic mass is 79.9. The molecule has 0 aliphatic carbocycles. The van der Waals surface area contributed by atoms with Crippen molar-refractivity contribution >= 4 is 15.9 Å². The maximum Gasteiger partial charge on any atom is 0.264 e. The molecule has 3 aromatic rings. The van der Waals surface area contributed by atoms with Crippen molar-refractivity contribution in [3.63, 3.8) is 0 Å². The molecule has 0 saturated heterocycles. The lowest BCUT2D eigenvalue weighted by atomic mass is 10.3. The second-order valence-corrected chi connectivity index (χ2v) is 4.77. The molecule has 0 amide bonds. The SMILES string of the molecule is Fc1cc(Br)ccc1OCc1nc(-c2ccco2)no1. The van der Waals surface area contributed by atoms with E-state index in [9.17, 15) is 4.39 Å². The zero-order valence-corrected chi connectivity index (χ0v) is 11.6. The second-order valence-electron chi connectivity index (χ2n) is 3.85. The van der Waals surface area contributed by atoms with Gasteiger partial charge in [-0.15, -0.1) is 0 Å². The van der Waals surface area contributed by atoms with Gasteiger partial charge in [0.05, 0.1) is 6.26 Å². The molecular weight excluding hydrogens is 331 g/mol. The second kappa shape index (κ2) is 5.46. The molecule has 0 fully saturated rings. The molecule has 0 aliphatic rings. The number of rotatable bonds is 4. The smallest absolute Gasteiger partial charge is 0.264 e. The van der Waals surface area contributed by atoms with E-state index in [4.69, 9.17) is 13.7 Å². The molecule has 3 rings (SSSR count). The Balaban J connectivity index is 1.70. The van der Waals surface area contributed by atoms with Gasteiger partial charge in [-0.2, -0.15) is 4.98 Å². The van der Waals surface area contributed by atoms with Gasteiger partial charge in [0.2, 0.25) is 5.82 Å². The van der Waals surface area contributed by atoms with E-state index >= 15 is 0 Å². The van der Waals surface area contributed by atoms with Gasteiger partial charge in [-0.25, -0.2) is 4.39 Å². The number of hydrogen-bond acceptors (Lipinski definition) is 5. The minimum absolute atomic E-state index is 0.0216. The number of halogens is 2. The molecule has 0 unspecified atom stereocenters. The Labute approximate surface area is 121 Å². The molecule has 1 aromatic carbocycles. The van der Waals surface area contributed by atoms with Gasteiger partial charge in [0.25, 0.3) is 5.89 Å². The van der Waals surface area contributed by atoms with Crippen molar-refractivity contribution in [2.45, 2.75) is 6.61 Å². The van der Waals surface area contributed by atoms with Crippen LogP contribution < -0.4 is 4.74 Å². The standard InChI is InChI=1S/C13H8BrFN2O3/c14-8-3-4-10(9(15)6-8)19-7-12-16-13(17-20-12)11-2-1-5-18-11/h1-6H,7H2. The molecule has 2 heterocycles. The largest absolute Gasteiger partial charge is 0.481 e. The minimum Gasteiger partial charge on any atom is -0.481 e. The van der Waals surface area contributed by atoms with E-state index in [-0.39, 0.29) is 18.2 Å². The summed E-state index contributed by atoms with van der Waals surface area (Å²) in [5.74, 6) is 0.703.